The quantitative estimate of drug-likeness (QED) is 0.542. The zero-order valence-electron chi connectivity index (χ0n) is 18.3. The molecule has 1 saturated heterocycles. The first-order valence-corrected chi connectivity index (χ1v) is 9.91. The fourth-order valence-electron chi connectivity index (χ4n) is 3.04. The van der Waals surface area contributed by atoms with Gasteiger partial charge in [0.25, 0.3) is 5.91 Å². The first-order chi connectivity index (χ1) is 14.7. The highest BCUT2D eigenvalue weighted by Crippen LogP contribution is 2.37. The molecule has 0 aliphatic carbocycles. The number of rotatable bonds is 5. The maximum absolute atomic E-state index is 14.9. The molecule has 2 heterocycles. The lowest BCUT2D eigenvalue weighted by atomic mass is 9.77. The predicted molar refractivity (Wildman–Crippen MR) is 110 cm³/mol. The summed E-state index contributed by atoms with van der Waals surface area (Å²) in [7, 11) is -0.932. The Morgan fingerprint density at radius 2 is 1.78 bits per heavy atom. The Balaban J connectivity index is 1.92. The van der Waals surface area contributed by atoms with Crippen molar-refractivity contribution in [2.24, 2.45) is 0 Å². The third kappa shape index (κ3) is 4.73. The van der Waals surface area contributed by atoms with Gasteiger partial charge in [-0.1, -0.05) is 0 Å². The Morgan fingerprint density at radius 1 is 1.16 bits per heavy atom. The lowest BCUT2D eigenvalue weighted by molar-refractivity contribution is -0.137. The molecular formula is C21H23BF4N2O4. The minimum absolute atomic E-state index is 0.162. The van der Waals surface area contributed by atoms with E-state index in [0.29, 0.717) is 6.07 Å². The molecule has 1 amide bonds. The lowest BCUT2D eigenvalue weighted by Gasteiger charge is -2.32. The fraction of sp³-hybridized carbons (Fsp3) is 0.429. The molecule has 0 unspecified atom stereocenters. The molecule has 0 radical (unpaired) electrons. The lowest BCUT2D eigenvalue weighted by Crippen LogP contribution is -2.41. The van der Waals surface area contributed by atoms with Gasteiger partial charge in [0, 0.05) is 11.7 Å². The maximum atomic E-state index is 14.9. The Bertz CT molecular complexity index is 1010. The summed E-state index contributed by atoms with van der Waals surface area (Å²) < 4.78 is 71.0. The predicted octanol–water partition coefficient (Wildman–Crippen LogP) is 4.19. The van der Waals surface area contributed by atoms with Crippen molar-refractivity contribution in [2.75, 3.05) is 11.9 Å². The average Bonchev–Trinajstić information content (AvgIpc) is 2.89. The van der Waals surface area contributed by atoms with Crippen LogP contribution in [0.15, 0.2) is 30.5 Å². The largest absolute Gasteiger partial charge is 0.498 e. The molecular weight excluding hydrogens is 431 g/mol. The summed E-state index contributed by atoms with van der Waals surface area (Å²) in [6.45, 7) is 9.29. The first kappa shape index (κ1) is 24.0. The number of carbonyl (C=O) groups is 1. The molecule has 1 N–H and O–H groups in total. The van der Waals surface area contributed by atoms with Crippen LogP contribution in [0.1, 0.15) is 50.5 Å². The summed E-state index contributed by atoms with van der Waals surface area (Å²) in [5.41, 5.74) is -2.51. The van der Waals surface area contributed by atoms with Crippen LogP contribution < -0.4 is 15.5 Å². The number of alkyl halides is 3. The summed E-state index contributed by atoms with van der Waals surface area (Å²) in [4.78, 5) is 16.3. The van der Waals surface area contributed by atoms with E-state index in [-0.39, 0.29) is 23.6 Å². The minimum Gasteiger partial charge on any atom is -0.494 e. The number of hydrogen-bond acceptors (Lipinski definition) is 5. The molecule has 0 bridgehead atoms. The number of aromatic nitrogens is 1. The van der Waals surface area contributed by atoms with Gasteiger partial charge in [-0.15, -0.1) is 0 Å². The molecule has 3 rings (SSSR count). The second-order valence-corrected chi connectivity index (χ2v) is 8.27. The third-order valence-corrected chi connectivity index (χ3v) is 5.48. The van der Waals surface area contributed by atoms with E-state index in [1.165, 1.54) is 6.07 Å². The summed E-state index contributed by atoms with van der Waals surface area (Å²) in [5.74, 6) is -2.09. The Kier molecular flexibility index (Phi) is 6.27. The van der Waals surface area contributed by atoms with Crippen LogP contribution in [-0.2, 0) is 15.5 Å². The molecule has 2 aromatic rings. The monoisotopic (exact) mass is 454 g/mol. The zero-order chi connectivity index (χ0) is 23.9. The molecule has 1 aromatic carbocycles. The number of benzene rings is 1. The summed E-state index contributed by atoms with van der Waals surface area (Å²) >= 11 is 0. The van der Waals surface area contributed by atoms with Crippen LogP contribution >= 0.6 is 0 Å². The van der Waals surface area contributed by atoms with Gasteiger partial charge < -0.3 is 19.4 Å². The van der Waals surface area contributed by atoms with E-state index >= 15 is 0 Å². The van der Waals surface area contributed by atoms with Gasteiger partial charge >= 0.3 is 13.3 Å². The Hall–Kier alpha value is -2.66. The van der Waals surface area contributed by atoms with Gasteiger partial charge in [0.2, 0.25) is 0 Å². The maximum Gasteiger partial charge on any atom is 0.498 e. The first-order valence-electron chi connectivity index (χ1n) is 9.91. The van der Waals surface area contributed by atoms with Crippen molar-refractivity contribution in [3.05, 3.63) is 47.4 Å². The van der Waals surface area contributed by atoms with Crippen molar-refractivity contribution in [3.8, 4) is 5.75 Å². The molecule has 1 aliphatic heterocycles. The molecule has 0 saturated carbocycles. The van der Waals surface area contributed by atoms with Gasteiger partial charge in [-0.3, -0.25) is 4.79 Å². The number of amides is 1. The van der Waals surface area contributed by atoms with Crippen LogP contribution in [0.2, 0.25) is 0 Å². The number of halogens is 4. The molecule has 32 heavy (non-hydrogen) atoms. The highest BCUT2D eigenvalue weighted by Gasteiger charge is 2.52. The van der Waals surface area contributed by atoms with E-state index in [1.807, 2.05) is 27.7 Å². The number of anilines is 1. The van der Waals surface area contributed by atoms with E-state index < -0.39 is 47.3 Å². The number of nitrogens with zero attached hydrogens (tertiary/aromatic N) is 1. The van der Waals surface area contributed by atoms with Crippen molar-refractivity contribution < 1.29 is 36.4 Å². The van der Waals surface area contributed by atoms with E-state index in [2.05, 4.69) is 10.3 Å². The zero-order valence-corrected chi connectivity index (χ0v) is 18.3. The van der Waals surface area contributed by atoms with E-state index in [1.54, 1.807) is 6.92 Å². The van der Waals surface area contributed by atoms with E-state index in [9.17, 15) is 22.4 Å². The number of nitrogens with one attached hydrogen (secondary N) is 1. The Labute approximate surface area is 183 Å². The fourth-order valence-corrected chi connectivity index (χ4v) is 3.04. The average molecular weight is 454 g/mol. The highest BCUT2D eigenvalue weighted by atomic mass is 19.4. The second-order valence-electron chi connectivity index (χ2n) is 8.27. The standard InChI is InChI=1S/C21H23BF4N2O4/c1-6-30-16-10-13(18(29)28-17-9-12(7-8-27-17)21(24,25)26)15(23)11-14(16)22-31-19(2,3)20(4,5)32-22/h7-11H,6H2,1-5H3,(H,27,28,29). The molecule has 11 heteroatoms. The number of pyridine rings is 1. The van der Waals surface area contributed by atoms with Crippen LogP contribution in [-0.4, -0.2) is 35.8 Å². The van der Waals surface area contributed by atoms with Crippen LogP contribution in [0.25, 0.3) is 0 Å². The van der Waals surface area contributed by atoms with Crippen molar-refractivity contribution in [3.63, 3.8) is 0 Å². The van der Waals surface area contributed by atoms with Crippen molar-refractivity contribution >= 4 is 24.3 Å². The molecule has 1 aliphatic rings. The van der Waals surface area contributed by atoms with Gasteiger partial charge in [0.05, 0.1) is 28.9 Å². The van der Waals surface area contributed by atoms with E-state index in [0.717, 1.165) is 18.3 Å². The van der Waals surface area contributed by atoms with Gasteiger partial charge in [0.1, 0.15) is 17.4 Å². The van der Waals surface area contributed by atoms with Crippen molar-refractivity contribution in [2.45, 2.75) is 52.0 Å². The van der Waals surface area contributed by atoms with E-state index in [4.69, 9.17) is 14.0 Å². The van der Waals surface area contributed by atoms with Crippen LogP contribution in [0.3, 0.4) is 0 Å². The van der Waals surface area contributed by atoms with Gasteiger partial charge in [-0.05, 0) is 58.9 Å². The summed E-state index contributed by atoms with van der Waals surface area (Å²) in [5, 5.41) is 2.19. The van der Waals surface area contributed by atoms with Crippen molar-refractivity contribution in [1.29, 1.82) is 0 Å². The number of carbonyl (C=O) groups excluding carboxylic acids is 1. The second kappa shape index (κ2) is 8.36. The molecule has 1 aromatic heterocycles. The van der Waals surface area contributed by atoms with Crippen LogP contribution in [0, 0.1) is 5.82 Å². The molecule has 0 spiro atoms. The normalized spacial score (nSPS) is 17.3. The summed E-state index contributed by atoms with van der Waals surface area (Å²) in [6.07, 6.45) is -3.71. The molecule has 6 nitrogen and oxygen atoms in total. The number of ether oxygens (including phenoxy) is 1. The van der Waals surface area contributed by atoms with Gasteiger partial charge in [-0.2, -0.15) is 13.2 Å². The number of hydrogen-bond donors (Lipinski definition) is 1. The van der Waals surface area contributed by atoms with Gasteiger partial charge in [0.15, 0.2) is 0 Å². The third-order valence-electron chi connectivity index (χ3n) is 5.48. The molecule has 1 fully saturated rings. The van der Waals surface area contributed by atoms with Gasteiger partial charge in [-0.25, -0.2) is 9.37 Å². The highest BCUT2D eigenvalue weighted by molar-refractivity contribution is 6.63. The topological polar surface area (TPSA) is 69.7 Å². The minimum atomic E-state index is -4.61. The van der Waals surface area contributed by atoms with Crippen LogP contribution in [0.4, 0.5) is 23.4 Å². The molecule has 0 atom stereocenters. The van der Waals surface area contributed by atoms with Crippen molar-refractivity contribution in [1.82, 2.24) is 4.98 Å². The SMILES string of the molecule is CCOc1cc(C(=O)Nc2cc(C(F)(F)F)ccn2)c(F)cc1B1OC(C)(C)C(C)(C)O1. The Morgan fingerprint density at radius 3 is 2.34 bits per heavy atom. The smallest absolute Gasteiger partial charge is 0.494 e. The van der Waals surface area contributed by atoms with Crippen LogP contribution in [0.5, 0.6) is 5.75 Å². The molecule has 172 valence electrons. The summed E-state index contributed by atoms with van der Waals surface area (Å²) in [6, 6.07) is 3.67.